The molecule has 2 rings (SSSR count). The van der Waals surface area contributed by atoms with Gasteiger partial charge in [-0.05, 0) is 37.2 Å². The van der Waals surface area contributed by atoms with Crippen molar-refractivity contribution in [1.82, 2.24) is 0 Å². The van der Waals surface area contributed by atoms with Crippen LogP contribution in [0.5, 0.6) is 0 Å². The molecule has 6 heteroatoms. The van der Waals surface area contributed by atoms with Crippen molar-refractivity contribution >= 4 is 5.91 Å². The third-order valence-corrected chi connectivity index (χ3v) is 4.80. The summed E-state index contributed by atoms with van der Waals surface area (Å²) in [6, 6.07) is 5.83. The van der Waals surface area contributed by atoms with Crippen molar-refractivity contribution in [2.24, 2.45) is 22.5 Å². The topological polar surface area (TPSA) is 124 Å². The molecule has 0 fully saturated rings. The van der Waals surface area contributed by atoms with Gasteiger partial charge in [0.15, 0.2) is 5.41 Å². The summed E-state index contributed by atoms with van der Waals surface area (Å²) in [5, 5.41) is 29.5. The first kappa shape index (κ1) is 16.8. The quantitative estimate of drug-likeness (QED) is 0.856. The van der Waals surface area contributed by atoms with Crippen molar-refractivity contribution in [3.05, 3.63) is 11.3 Å². The molecule has 0 bridgehead atoms. The van der Waals surface area contributed by atoms with Crippen LogP contribution >= 0.6 is 0 Å². The van der Waals surface area contributed by atoms with Crippen molar-refractivity contribution in [1.29, 1.82) is 15.8 Å². The number of rotatable bonds is 3. The van der Waals surface area contributed by atoms with Crippen LogP contribution in [0.25, 0.3) is 0 Å². The Morgan fingerprint density at radius 2 is 1.87 bits per heavy atom. The van der Waals surface area contributed by atoms with Gasteiger partial charge in [0.2, 0.25) is 11.3 Å². The molecule has 1 heterocycles. The first-order valence-electron chi connectivity index (χ1n) is 7.82. The normalized spacial score (nSPS) is 28.8. The molecule has 2 aliphatic rings. The van der Waals surface area contributed by atoms with E-state index >= 15 is 0 Å². The number of carbonyl (C=O) groups is 1. The minimum Gasteiger partial charge on any atom is -0.492 e. The van der Waals surface area contributed by atoms with Gasteiger partial charge in [-0.1, -0.05) is 13.8 Å². The van der Waals surface area contributed by atoms with E-state index in [1.54, 1.807) is 0 Å². The van der Waals surface area contributed by atoms with Gasteiger partial charge >= 0.3 is 0 Å². The molecule has 23 heavy (non-hydrogen) atoms. The van der Waals surface area contributed by atoms with Gasteiger partial charge in [0.1, 0.15) is 6.10 Å². The molecule has 0 saturated carbocycles. The monoisotopic (exact) mass is 312 g/mol. The van der Waals surface area contributed by atoms with Crippen LogP contribution in [0.15, 0.2) is 11.3 Å². The highest BCUT2D eigenvalue weighted by Gasteiger charge is 2.68. The van der Waals surface area contributed by atoms with Crippen molar-refractivity contribution in [3.8, 4) is 18.2 Å². The Kier molecular flexibility index (Phi) is 4.35. The molecule has 2 N–H and O–H groups in total. The summed E-state index contributed by atoms with van der Waals surface area (Å²) in [5.74, 6) is -0.228. The minimum atomic E-state index is -1.94. The van der Waals surface area contributed by atoms with Crippen LogP contribution in [0.1, 0.15) is 46.0 Å². The molecule has 0 unspecified atom stereocenters. The van der Waals surface area contributed by atoms with E-state index in [-0.39, 0.29) is 5.92 Å². The van der Waals surface area contributed by atoms with Crippen LogP contribution in [-0.4, -0.2) is 12.0 Å². The summed E-state index contributed by atoms with van der Waals surface area (Å²) in [5.41, 5.74) is 2.16. The highest BCUT2D eigenvalue weighted by atomic mass is 16.5. The Hall–Kier alpha value is -2.52. The molecule has 0 aromatic heterocycles. The lowest BCUT2D eigenvalue weighted by atomic mass is 9.54. The number of nitrogens with zero attached hydrogens (tertiary/aromatic N) is 3. The predicted octanol–water partition coefficient (Wildman–Crippen LogP) is 2.29. The first-order chi connectivity index (χ1) is 10.9. The molecule has 1 aliphatic carbocycles. The highest BCUT2D eigenvalue weighted by molar-refractivity contribution is 5.90. The lowest BCUT2D eigenvalue weighted by Gasteiger charge is -2.47. The third-order valence-electron chi connectivity index (χ3n) is 4.80. The molecule has 0 aromatic rings. The summed E-state index contributed by atoms with van der Waals surface area (Å²) in [7, 11) is 0. The maximum Gasteiger partial charge on any atom is 0.245 e. The zero-order valence-electron chi connectivity index (χ0n) is 13.4. The molecular formula is C17H20N4O2. The summed E-state index contributed by atoms with van der Waals surface area (Å²) in [6.07, 6.45) is 2.27. The number of hydrogen-bond acceptors (Lipinski definition) is 5. The lowest BCUT2D eigenvalue weighted by Crippen LogP contribution is -2.59. The fraction of sp³-hybridized carbons (Fsp3) is 0.647. The van der Waals surface area contributed by atoms with E-state index in [2.05, 4.69) is 0 Å². The Balaban J connectivity index is 2.79. The summed E-state index contributed by atoms with van der Waals surface area (Å²) in [4.78, 5) is 12.3. The van der Waals surface area contributed by atoms with Gasteiger partial charge in [-0.3, -0.25) is 4.79 Å². The first-order valence-corrected chi connectivity index (χ1v) is 7.82. The number of primary amides is 1. The van der Waals surface area contributed by atoms with Crippen molar-refractivity contribution < 1.29 is 9.53 Å². The number of allylic oxidation sites excluding steroid dienone is 1. The number of amides is 1. The van der Waals surface area contributed by atoms with Crippen LogP contribution in [0.2, 0.25) is 0 Å². The molecule has 6 nitrogen and oxygen atoms in total. The molecule has 1 aliphatic heterocycles. The second kappa shape index (κ2) is 5.94. The summed E-state index contributed by atoms with van der Waals surface area (Å²) < 4.78 is 5.98. The Labute approximate surface area is 136 Å². The molecule has 0 spiro atoms. The molecule has 120 valence electrons. The second-order valence-corrected chi connectivity index (χ2v) is 6.60. The molecular weight excluding hydrogens is 292 g/mol. The van der Waals surface area contributed by atoms with E-state index in [1.807, 2.05) is 32.1 Å². The Morgan fingerprint density at radius 3 is 2.35 bits per heavy atom. The summed E-state index contributed by atoms with van der Waals surface area (Å²) in [6.45, 7) is 3.87. The zero-order chi connectivity index (χ0) is 17.3. The maximum atomic E-state index is 12.3. The fourth-order valence-corrected chi connectivity index (χ4v) is 3.69. The second-order valence-electron chi connectivity index (χ2n) is 6.60. The number of nitrogens with two attached hydrogens (primary N) is 1. The molecule has 0 radical (unpaired) electrons. The smallest absolute Gasteiger partial charge is 0.245 e. The van der Waals surface area contributed by atoms with E-state index in [0.29, 0.717) is 30.6 Å². The van der Waals surface area contributed by atoms with Crippen LogP contribution in [0.3, 0.4) is 0 Å². The predicted molar refractivity (Wildman–Crippen MR) is 80.7 cm³/mol. The molecule has 1 amide bonds. The van der Waals surface area contributed by atoms with Crippen molar-refractivity contribution in [3.63, 3.8) is 0 Å². The fourth-order valence-electron chi connectivity index (χ4n) is 3.69. The number of hydrogen-bond donors (Lipinski definition) is 1. The minimum absolute atomic E-state index is 0.135. The number of ether oxygens (including phenoxy) is 1. The molecule has 0 saturated heterocycles. The Morgan fingerprint density at radius 1 is 1.26 bits per heavy atom. The van der Waals surface area contributed by atoms with E-state index in [1.165, 1.54) is 0 Å². The third kappa shape index (κ3) is 2.16. The largest absolute Gasteiger partial charge is 0.492 e. The maximum absolute atomic E-state index is 12.3. The van der Waals surface area contributed by atoms with Crippen molar-refractivity contribution in [2.45, 2.75) is 52.1 Å². The standard InChI is InChI=1S/C17H20N4O2/c1-11(2)7-14-16(8-18,9-19)17(10-20,15(21)22)12-5-3-4-6-13(12)23-14/h11,14H,3-7H2,1-2H3,(H2,21,22)/t14-,17-/m0/s1. The number of carbonyl (C=O) groups excluding carboxylic acids is 1. The van der Waals surface area contributed by atoms with E-state index in [9.17, 15) is 20.6 Å². The average Bonchev–Trinajstić information content (AvgIpc) is 2.52. The SMILES string of the molecule is CC(C)C[C@@H]1OC2=C(CCCC2)[C@@](C#N)(C(N)=O)C1(C#N)C#N. The van der Waals surface area contributed by atoms with Gasteiger partial charge in [-0.15, -0.1) is 0 Å². The summed E-state index contributed by atoms with van der Waals surface area (Å²) >= 11 is 0. The molecule has 0 aromatic carbocycles. The van der Waals surface area contributed by atoms with Gasteiger partial charge < -0.3 is 10.5 Å². The van der Waals surface area contributed by atoms with Crippen LogP contribution in [0.4, 0.5) is 0 Å². The van der Waals surface area contributed by atoms with E-state index < -0.39 is 22.8 Å². The van der Waals surface area contributed by atoms with Crippen LogP contribution in [0, 0.1) is 50.7 Å². The average molecular weight is 312 g/mol. The van der Waals surface area contributed by atoms with E-state index in [0.717, 1.165) is 12.8 Å². The molecule has 2 atom stereocenters. The zero-order valence-corrected chi connectivity index (χ0v) is 13.4. The van der Waals surface area contributed by atoms with Crippen molar-refractivity contribution in [2.75, 3.05) is 0 Å². The number of nitriles is 3. The van der Waals surface area contributed by atoms with Crippen LogP contribution < -0.4 is 5.73 Å². The lowest BCUT2D eigenvalue weighted by molar-refractivity contribution is -0.133. The van der Waals surface area contributed by atoms with Crippen LogP contribution in [-0.2, 0) is 9.53 Å². The highest BCUT2D eigenvalue weighted by Crippen LogP contribution is 2.56. The van der Waals surface area contributed by atoms with Gasteiger partial charge in [0.05, 0.1) is 24.0 Å². The Bertz CT molecular complexity index is 660. The van der Waals surface area contributed by atoms with Gasteiger partial charge in [-0.25, -0.2) is 0 Å². The van der Waals surface area contributed by atoms with Gasteiger partial charge in [0, 0.05) is 6.42 Å². The van der Waals surface area contributed by atoms with Gasteiger partial charge in [-0.2, -0.15) is 15.8 Å². The van der Waals surface area contributed by atoms with Gasteiger partial charge in [0.25, 0.3) is 0 Å². The van der Waals surface area contributed by atoms with E-state index in [4.69, 9.17) is 10.5 Å².